The van der Waals surface area contributed by atoms with Crippen molar-refractivity contribution in [3.63, 3.8) is 0 Å². The highest BCUT2D eigenvalue weighted by Gasteiger charge is 2.33. The number of nitrogens with zero attached hydrogens (tertiary/aromatic N) is 1. The molecule has 150 valence electrons. The van der Waals surface area contributed by atoms with E-state index in [9.17, 15) is 19.8 Å². The average molecular weight is 377 g/mol. The number of rotatable bonds is 3. The number of aromatic nitrogens is 1. The van der Waals surface area contributed by atoms with Gasteiger partial charge in [-0.15, -0.1) is 0 Å². The molecule has 1 aromatic rings. The molecular weight excluding hydrogens is 346 g/mol. The van der Waals surface area contributed by atoms with Crippen LogP contribution in [0.1, 0.15) is 60.3 Å². The Morgan fingerprint density at radius 3 is 2.59 bits per heavy atom. The first-order chi connectivity index (χ1) is 12.8. The molecule has 7 heteroatoms. The van der Waals surface area contributed by atoms with Crippen molar-refractivity contribution in [2.75, 3.05) is 13.1 Å². The van der Waals surface area contributed by atoms with Gasteiger partial charge in [0.15, 0.2) is 0 Å². The third kappa shape index (κ3) is 4.71. The molecule has 0 bridgehead atoms. The smallest absolute Gasteiger partial charge is 0.270 e. The molecule has 0 radical (unpaired) electrons. The number of nitrogens with one attached hydrogen (secondary N) is 2. The average Bonchev–Trinajstić information content (AvgIpc) is 2.85. The molecule has 0 aromatic carbocycles. The van der Waals surface area contributed by atoms with Gasteiger partial charge in [-0.2, -0.15) is 0 Å². The van der Waals surface area contributed by atoms with Crippen molar-refractivity contribution in [3.8, 4) is 0 Å². The van der Waals surface area contributed by atoms with E-state index in [0.717, 1.165) is 24.1 Å². The second kappa shape index (κ2) is 8.44. The maximum absolute atomic E-state index is 12.7. The minimum atomic E-state index is -0.685. The van der Waals surface area contributed by atoms with Crippen LogP contribution in [0.5, 0.6) is 0 Å². The summed E-state index contributed by atoms with van der Waals surface area (Å²) in [6, 6.07) is 1.64. The summed E-state index contributed by atoms with van der Waals surface area (Å²) in [5.41, 5.74) is 2.53. The standard InChI is InChI=1S/C20H31N3O4/c1-12-9-17(21-13(12)2)20(27)23-8-7-14(10-15(24)11-23)22-19(26)16-5-3-4-6-18(16)25/h9,14-16,18,21,24-25H,3-8,10-11H2,1-2H3,(H,22,26)/t14-,15-,16+,18+/m0/s1. The molecule has 1 aromatic heterocycles. The second-order valence-corrected chi connectivity index (χ2v) is 8.08. The molecule has 2 amide bonds. The zero-order chi connectivity index (χ0) is 19.6. The molecule has 2 fully saturated rings. The number of hydrogen-bond donors (Lipinski definition) is 4. The molecule has 4 atom stereocenters. The normalized spacial score (nSPS) is 29.3. The number of aliphatic hydroxyl groups excluding tert-OH is 2. The number of aromatic amines is 1. The summed E-state index contributed by atoms with van der Waals surface area (Å²) in [7, 11) is 0. The summed E-state index contributed by atoms with van der Waals surface area (Å²) in [6.45, 7) is 4.61. The van der Waals surface area contributed by atoms with Crippen molar-refractivity contribution in [1.82, 2.24) is 15.2 Å². The van der Waals surface area contributed by atoms with Gasteiger partial charge in [-0.3, -0.25) is 9.59 Å². The first kappa shape index (κ1) is 19.9. The number of H-pyrrole nitrogens is 1. The lowest BCUT2D eigenvalue weighted by Gasteiger charge is -2.28. The molecule has 1 saturated heterocycles. The topological polar surface area (TPSA) is 106 Å². The molecule has 2 aliphatic rings. The van der Waals surface area contributed by atoms with Crippen molar-refractivity contribution >= 4 is 11.8 Å². The molecule has 1 saturated carbocycles. The second-order valence-electron chi connectivity index (χ2n) is 8.08. The maximum atomic E-state index is 12.7. The Hall–Kier alpha value is -1.86. The summed E-state index contributed by atoms with van der Waals surface area (Å²) in [5.74, 6) is -0.614. The largest absolute Gasteiger partial charge is 0.392 e. The van der Waals surface area contributed by atoms with Crippen LogP contribution in [0.4, 0.5) is 0 Å². The summed E-state index contributed by atoms with van der Waals surface area (Å²) >= 11 is 0. The Morgan fingerprint density at radius 2 is 1.93 bits per heavy atom. The fourth-order valence-electron chi connectivity index (χ4n) is 4.17. The van der Waals surface area contributed by atoms with Gasteiger partial charge in [-0.05, 0) is 51.2 Å². The van der Waals surface area contributed by atoms with E-state index in [0.29, 0.717) is 37.9 Å². The summed E-state index contributed by atoms with van der Waals surface area (Å²) in [6.07, 6.45) is 3.04. The molecule has 3 rings (SSSR count). The predicted molar refractivity (Wildman–Crippen MR) is 101 cm³/mol. The molecular formula is C20H31N3O4. The molecule has 0 unspecified atom stereocenters. The van der Waals surface area contributed by atoms with Gasteiger partial charge in [0.1, 0.15) is 5.69 Å². The summed E-state index contributed by atoms with van der Waals surface area (Å²) in [4.78, 5) is 30.0. The van der Waals surface area contributed by atoms with Gasteiger partial charge < -0.3 is 25.4 Å². The van der Waals surface area contributed by atoms with E-state index in [1.807, 2.05) is 19.9 Å². The monoisotopic (exact) mass is 377 g/mol. The van der Waals surface area contributed by atoms with Gasteiger partial charge in [-0.1, -0.05) is 12.8 Å². The maximum Gasteiger partial charge on any atom is 0.270 e. The van der Waals surface area contributed by atoms with Gasteiger partial charge in [-0.25, -0.2) is 0 Å². The van der Waals surface area contributed by atoms with Gasteiger partial charge in [0.2, 0.25) is 5.91 Å². The first-order valence-electron chi connectivity index (χ1n) is 9.97. The number of β-amino-alcohol motifs (C(OH)–C–C–N with tert-alkyl or cyclic N) is 1. The molecule has 1 aliphatic carbocycles. The van der Waals surface area contributed by atoms with E-state index in [4.69, 9.17) is 0 Å². The van der Waals surface area contributed by atoms with Crippen LogP contribution >= 0.6 is 0 Å². The Balaban J connectivity index is 1.60. The number of carbonyl (C=O) groups is 2. The van der Waals surface area contributed by atoms with E-state index in [1.165, 1.54) is 0 Å². The van der Waals surface area contributed by atoms with Crippen LogP contribution in [0.3, 0.4) is 0 Å². The highest BCUT2D eigenvalue weighted by molar-refractivity contribution is 5.93. The SMILES string of the molecule is Cc1cc(C(=O)N2CC[C@H](NC(=O)[C@@H]3CCCC[C@H]3O)C[C@H](O)C2)[nH]c1C. The minimum Gasteiger partial charge on any atom is -0.392 e. The van der Waals surface area contributed by atoms with Crippen LogP contribution < -0.4 is 5.32 Å². The summed E-state index contributed by atoms with van der Waals surface area (Å²) < 4.78 is 0. The Bertz CT molecular complexity index is 667. The van der Waals surface area contributed by atoms with Crippen LogP contribution in [0.2, 0.25) is 0 Å². The number of hydrogen-bond acceptors (Lipinski definition) is 4. The fourth-order valence-corrected chi connectivity index (χ4v) is 4.17. The van der Waals surface area contributed by atoms with Crippen molar-refractivity contribution in [2.45, 2.75) is 70.6 Å². The van der Waals surface area contributed by atoms with Crippen LogP contribution in [-0.4, -0.2) is 63.3 Å². The van der Waals surface area contributed by atoms with E-state index in [2.05, 4.69) is 10.3 Å². The number of amides is 2. The first-order valence-corrected chi connectivity index (χ1v) is 9.97. The molecule has 4 N–H and O–H groups in total. The van der Waals surface area contributed by atoms with Crippen molar-refractivity contribution in [1.29, 1.82) is 0 Å². The third-order valence-electron chi connectivity index (χ3n) is 5.94. The molecule has 0 spiro atoms. The van der Waals surface area contributed by atoms with E-state index in [1.54, 1.807) is 4.90 Å². The van der Waals surface area contributed by atoms with E-state index in [-0.39, 0.29) is 30.3 Å². The van der Waals surface area contributed by atoms with Gasteiger partial charge >= 0.3 is 0 Å². The molecule has 27 heavy (non-hydrogen) atoms. The van der Waals surface area contributed by atoms with Crippen LogP contribution in [0.25, 0.3) is 0 Å². The van der Waals surface area contributed by atoms with Gasteiger partial charge in [0.05, 0.1) is 18.1 Å². The highest BCUT2D eigenvalue weighted by Crippen LogP contribution is 2.25. The van der Waals surface area contributed by atoms with Gasteiger partial charge in [0.25, 0.3) is 5.91 Å². The lowest BCUT2D eigenvalue weighted by atomic mass is 9.85. The molecule has 2 heterocycles. The Kier molecular flexibility index (Phi) is 6.22. The Labute approximate surface area is 160 Å². The highest BCUT2D eigenvalue weighted by atomic mass is 16.3. The van der Waals surface area contributed by atoms with Crippen molar-refractivity contribution in [2.24, 2.45) is 5.92 Å². The molecule has 7 nitrogen and oxygen atoms in total. The minimum absolute atomic E-state index is 0.125. The van der Waals surface area contributed by atoms with Crippen LogP contribution in [0.15, 0.2) is 6.07 Å². The van der Waals surface area contributed by atoms with Crippen molar-refractivity contribution < 1.29 is 19.8 Å². The number of aryl methyl sites for hydroxylation is 2. The summed E-state index contributed by atoms with van der Waals surface area (Å²) in [5, 5.41) is 23.4. The number of aliphatic hydroxyl groups is 2. The van der Waals surface area contributed by atoms with Gasteiger partial charge in [0, 0.05) is 24.8 Å². The van der Waals surface area contributed by atoms with Crippen LogP contribution in [-0.2, 0) is 4.79 Å². The predicted octanol–water partition coefficient (Wildman–Crippen LogP) is 1.26. The quantitative estimate of drug-likeness (QED) is 0.636. The van der Waals surface area contributed by atoms with Crippen LogP contribution in [0, 0.1) is 19.8 Å². The zero-order valence-corrected chi connectivity index (χ0v) is 16.2. The lowest BCUT2D eigenvalue weighted by molar-refractivity contribution is -0.131. The molecule has 1 aliphatic heterocycles. The zero-order valence-electron chi connectivity index (χ0n) is 16.2. The third-order valence-corrected chi connectivity index (χ3v) is 5.94. The Morgan fingerprint density at radius 1 is 1.19 bits per heavy atom. The van der Waals surface area contributed by atoms with E-state index < -0.39 is 12.2 Å². The lowest BCUT2D eigenvalue weighted by Crippen LogP contribution is -2.45. The van der Waals surface area contributed by atoms with E-state index >= 15 is 0 Å². The van der Waals surface area contributed by atoms with Crippen molar-refractivity contribution in [3.05, 3.63) is 23.0 Å². The fraction of sp³-hybridized carbons (Fsp3) is 0.700. The number of carbonyl (C=O) groups excluding carboxylic acids is 2. The number of likely N-dealkylation sites (tertiary alicyclic amines) is 1.